The largest absolute Gasteiger partial charge is 0.405 e. The number of alkyl halides is 3. The monoisotopic (exact) mass is 575 g/mol. The molecule has 1 unspecified atom stereocenters. The SMILES string of the molecule is CCCCOP(=O)(CCCCc1cc(F)cc2c1-c1ccc(F)cc1C2C(=O)NCC(F)(F)F)OCCCC. The van der Waals surface area contributed by atoms with Crippen LogP contribution in [0.15, 0.2) is 30.3 Å². The molecule has 2 aromatic carbocycles. The second kappa shape index (κ2) is 13.9. The van der Waals surface area contributed by atoms with Crippen molar-refractivity contribution in [1.29, 1.82) is 0 Å². The minimum Gasteiger partial charge on any atom is -0.346 e. The van der Waals surface area contributed by atoms with Crippen LogP contribution in [-0.2, 0) is 24.8 Å². The van der Waals surface area contributed by atoms with Gasteiger partial charge in [0.1, 0.15) is 18.2 Å². The van der Waals surface area contributed by atoms with Gasteiger partial charge in [0.15, 0.2) is 0 Å². The molecule has 5 nitrogen and oxygen atoms in total. The van der Waals surface area contributed by atoms with Crippen molar-refractivity contribution in [2.75, 3.05) is 25.9 Å². The molecule has 0 bridgehead atoms. The van der Waals surface area contributed by atoms with E-state index in [0.717, 1.165) is 37.8 Å². The van der Waals surface area contributed by atoms with Crippen LogP contribution in [-0.4, -0.2) is 38.0 Å². The molecule has 0 aromatic heterocycles. The number of unbranched alkanes of at least 4 members (excludes halogenated alkanes) is 3. The Labute approximate surface area is 226 Å². The fourth-order valence-electron chi connectivity index (χ4n) is 4.66. The van der Waals surface area contributed by atoms with Gasteiger partial charge in [-0.1, -0.05) is 32.8 Å². The van der Waals surface area contributed by atoms with Gasteiger partial charge in [0.25, 0.3) is 0 Å². The van der Waals surface area contributed by atoms with E-state index in [0.29, 0.717) is 49.2 Å². The van der Waals surface area contributed by atoms with Crippen LogP contribution < -0.4 is 5.32 Å². The Morgan fingerprint density at radius 2 is 1.56 bits per heavy atom. The maximum atomic E-state index is 14.7. The van der Waals surface area contributed by atoms with Gasteiger partial charge in [-0.05, 0) is 84.2 Å². The van der Waals surface area contributed by atoms with Crippen LogP contribution >= 0.6 is 7.60 Å². The lowest BCUT2D eigenvalue weighted by Gasteiger charge is -2.19. The molecule has 1 N–H and O–H groups in total. The standard InChI is InChI=1S/C28H35F5NO4P/c1-3-5-12-37-39(36,38-13-6-4-2)14-8-7-9-19-15-21(30)17-24-25(19)22-11-10-20(29)16-23(22)26(24)27(35)34-18-28(31,32)33/h10-11,15-17,26H,3-9,12-14,18H2,1-2H3,(H,34,35). The Morgan fingerprint density at radius 3 is 2.18 bits per heavy atom. The number of carbonyl (C=O) groups is 1. The Bertz CT molecular complexity index is 1170. The molecule has 216 valence electrons. The number of aryl methyl sites for hydroxylation is 1. The molecule has 0 heterocycles. The third-order valence-corrected chi connectivity index (χ3v) is 8.56. The summed E-state index contributed by atoms with van der Waals surface area (Å²) in [4.78, 5) is 12.8. The molecule has 39 heavy (non-hydrogen) atoms. The first-order chi connectivity index (χ1) is 18.5. The molecule has 3 rings (SSSR count). The molecule has 1 aliphatic carbocycles. The van der Waals surface area contributed by atoms with Crippen molar-refractivity contribution < 1.29 is 40.4 Å². The van der Waals surface area contributed by atoms with E-state index in [1.807, 2.05) is 19.2 Å². The predicted molar refractivity (Wildman–Crippen MR) is 140 cm³/mol. The Kier molecular flexibility index (Phi) is 11.1. The van der Waals surface area contributed by atoms with E-state index < -0.39 is 43.8 Å². The Morgan fingerprint density at radius 1 is 0.923 bits per heavy atom. The molecular formula is C28H35F5NO4P. The Balaban J connectivity index is 1.80. The van der Waals surface area contributed by atoms with Gasteiger partial charge in [-0.2, -0.15) is 13.2 Å². The topological polar surface area (TPSA) is 64.6 Å². The van der Waals surface area contributed by atoms with Crippen LogP contribution in [0.3, 0.4) is 0 Å². The highest BCUT2D eigenvalue weighted by atomic mass is 31.2. The summed E-state index contributed by atoms with van der Waals surface area (Å²) in [5.41, 5.74) is 1.92. The van der Waals surface area contributed by atoms with E-state index in [2.05, 4.69) is 0 Å². The maximum Gasteiger partial charge on any atom is 0.405 e. The number of fused-ring (bicyclic) bond motifs is 3. The van der Waals surface area contributed by atoms with Gasteiger partial charge < -0.3 is 14.4 Å². The lowest BCUT2D eigenvalue weighted by Crippen LogP contribution is -2.36. The summed E-state index contributed by atoms with van der Waals surface area (Å²) in [6.45, 7) is 3.12. The lowest BCUT2D eigenvalue weighted by molar-refractivity contribution is -0.138. The molecule has 1 aliphatic rings. The number of hydrogen-bond donors (Lipinski definition) is 1. The van der Waals surface area contributed by atoms with Gasteiger partial charge in [0.05, 0.1) is 25.3 Å². The lowest BCUT2D eigenvalue weighted by atomic mass is 9.93. The number of benzene rings is 2. The molecule has 0 saturated heterocycles. The Hall–Kier alpha value is -2.29. The predicted octanol–water partition coefficient (Wildman–Crippen LogP) is 7.90. The maximum absolute atomic E-state index is 14.7. The highest BCUT2D eigenvalue weighted by Crippen LogP contribution is 2.50. The molecule has 0 radical (unpaired) electrons. The summed E-state index contributed by atoms with van der Waals surface area (Å²) in [6.07, 6.45) is 0.167. The molecule has 1 amide bonds. The molecule has 11 heteroatoms. The van der Waals surface area contributed by atoms with Crippen LogP contribution in [0.1, 0.15) is 75.0 Å². The van der Waals surface area contributed by atoms with Crippen molar-refractivity contribution >= 4 is 13.5 Å². The van der Waals surface area contributed by atoms with Crippen LogP contribution in [0.25, 0.3) is 11.1 Å². The highest BCUT2D eigenvalue weighted by molar-refractivity contribution is 7.53. The molecule has 0 saturated carbocycles. The van der Waals surface area contributed by atoms with Gasteiger partial charge in [0, 0.05) is 0 Å². The molecule has 2 aromatic rings. The van der Waals surface area contributed by atoms with Crippen molar-refractivity contribution in [1.82, 2.24) is 5.32 Å². The normalized spacial score (nSPS) is 14.8. The van der Waals surface area contributed by atoms with E-state index in [4.69, 9.17) is 9.05 Å². The van der Waals surface area contributed by atoms with Gasteiger partial charge in [0.2, 0.25) is 5.91 Å². The van der Waals surface area contributed by atoms with Crippen LogP contribution in [0.2, 0.25) is 0 Å². The van der Waals surface area contributed by atoms with Crippen molar-refractivity contribution in [2.24, 2.45) is 0 Å². The van der Waals surface area contributed by atoms with E-state index in [1.54, 1.807) is 0 Å². The van der Waals surface area contributed by atoms with E-state index in [9.17, 15) is 31.3 Å². The summed E-state index contributed by atoms with van der Waals surface area (Å²) in [7, 11) is -3.29. The summed E-state index contributed by atoms with van der Waals surface area (Å²) in [6, 6.07) is 6.19. The van der Waals surface area contributed by atoms with Crippen molar-refractivity contribution in [3.8, 4) is 11.1 Å². The van der Waals surface area contributed by atoms with Gasteiger partial charge in [-0.15, -0.1) is 0 Å². The minimum atomic E-state index is -4.63. The van der Waals surface area contributed by atoms with Crippen LogP contribution in [0, 0.1) is 11.6 Å². The van der Waals surface area contributed by atoms with E-state index in [1.165, 1.54) is 18.2 Å². The van der Waals surface area contributed by atoms with Gasteiger partial charge in [-0.3, -0.25) is 9.36 Å². The van der Waals surface area contributed by atoms with Crippen LogP contribution in [0.4, 0.5) is 22.0 Å². The second-order valence-electron chi connectivity index (χ2n) is 9.69. The number of hydrogen-bond acceptors (Lipinski definition) is 4. The van der Waals surface area contributed by atoms with Gasteiger partial charge in [-0.25, -0.2) is 8.78 Å². The molecule has 0 fully saturated rings. The first kappa shape index (κ1) is 31.2. The molecule has 1 atom stereocenters. The van der Waals surface area contributed by atoms with Crippen molar-refractivity contribution in [3.05, 3.63) is 58.7 Å². The zero-order chi connectivity index (χ0) is 28.6. The van der Waals surface area contributed by atoms with Crippen molar-refractivity contribution in [2.45, 2.75) is 70.9 Å². The summed E-state index contributed by atoms with van der Waals surface area (Å²) >= 11 is 0. The number of rotatable bonds is 15. The molecule has 0 spiro atoms. The quantitative estimate of drug-likeness (QED) is 0.133. The van der Waals surface area contributed by atoms with E-state index in [-0.39, 0.29) is 17.3 Å². The first-order valence-corrected chi connectivity index (χ1v) is 15.1. The number of halogens is 5. The zero-order valence-electron chi connectivity index (χ0n) is 22.2. The fourth-order valence-corrected chi connectivity index (χ4v) is 6.42. The highest BCUT2D eigenvalue weighted by Gasteiger charge is 2.38. The van der Waals surface area contributed by atoms with E-state index >= 15 is 0 Å². The number of carbonyl (C=O) groups excluding carboxylic acids is 1. The third kappa shape index (κ3) is 8.60. The average Bonchev–Trinajstić information content (AvgIpc) is 3.18. The number of nitrogens with one attached hydrogen (secondary N) is 1. The van der Waals surface area contributed by atoms with Crippen LogP contribution in [0.5, 0.6) is 0 Å². The minimum absolute atomic E-state index is 0.190. The fraction of sp³-hybridized carbons (Fsp3) is 0.536. The first-order valence-electron chi connectivity index (χ1n) is 13.3. The van der Waals surface area contributed by atoms with Gasteiger partial charge >= 0.3 is 13.8 Å². The summed E-state index contributed by atoms with van der Waals surface area (Å²) in [5, 5.41) is 1.85. The molecular weight excluding hydrogens is 540 g/mol. The van der Waals surface area contributed by atoms with Crippen molar-refractivity contribution in [3.63, 3.8) is 0 Å². The summed E-state index contributed by atoms with van der Waals surface area (Å²) in [5.74, 6) is -3.56. The smallest absolute Gasteiger partial charge is 0.346 e. The second-order valence-corrected chi connectivity index (χ2v) is 11.9. The third-order valence-electron chi connectivity index (χ3n) is 6.55. The summed E-state index contributed by atoms with van der Waals surface area (Å²) < 4.78 is 91.5. The average molecular weight is 576 g/mol. The number of amides is 1. The zero-order valence-corrected chi connectivity index (χ0v) is 23.1. The molecule has 0 aliphatic heterocycles.